The van der Waals surface area contributed by atoms with Crippen molar-refractivity contribution in [2.75, 3.05) is 33.3 Å². The van der Waals surface area contributed by atoms with E-state index in [-0.39, 0.29) is 18.9 Å². The molecule has 0 radical (unpaired) electrons. The van der Waals surface area contributed by atoms with Crippen LogP contribution in [0.4, 0.5) is 18.9 Å². The van der Waals surface area contributed by atoms with Crippen LogP contribution in [0.15, 0.2) is 36.4 Å². The second-order valence-corrected chi connectivity index (χ2v) is 6.94. The summed E-state index contributed by atoms with van der Waals surface area (Å²) >= 11 is 0. The van der Waals surface area contributed by atoms with E-state index in [4.69, 9.17) is 24.2 Å². The molecule has 1 atom stereocenters. The predicted octanol–water partition coefficient (Wildman–Crippen LogP) is 4.15. The Morgan fingerprint density at radius 1 is 1.06 bits per heavy atom. The Morgan fingerprint density at radius 2 is 1.75 bits per heavy atom. The number of alkyl halides is 3. The highest BCUT2D eigenvalue weighted by Gasteiger charge is 2.36. The van der Waals surface area contributed by atoms with Crippen LogP contribution in [0.5, 0.6) is 11.5 Å². The summed E-state index contributed by atoms with van der Waals surface area (Å²) in [6.45, 7) is 1.40. The number of halogens is 3. The summed E-state index contributed by atoms with van der Waals surface area (Å²) in [5.41, 5.74) is -2.53. The van der Waals surface area contributed by atoms with E-state index >= 15 is 0 Å². The number of rotatable bonds is 9. The first-order valence-electron chi connectivity index (χ1n) is 9.34. The number of amides is 1. The first-order valence-corrected chi connectivity index (χ1v) is 9.34. The predicted molar refractivity (Wildman–Crippen MR) is 109 cm³/mol. The summed E-state index contributed by atoms with van der Waals surface area (Å²) in [7, 11) is 4.31. The zero-order valence-corrected chi connectivity index (χ0v) is 18.0. The Bertz CT molecular complexity index is 1000. The van der Waals surface area contributed by atoms with Gasteiger partial charge in [0.1, 0.15) is 0 Å². The first kappa shape index (κ1) is 25.0. The molecule has 1 amide bonds. The molecule has 0 bridgehead atoms. The largest absolute Gasteiger partial charge is 0.493 e. The van der Waals surface area contributed by atoms with Gasteiger partial charge in [0.25, 0.3) is 5.91 Å². The molecule has 0 aliphatic rings. The van der Waals surface area contributed by atoms with Gasteiger partial charge in [-0.3, -0.25) is 4.79 Å². The van der Waals surface area contributed by atoms with Gasteiger partial charge in [0, 0.05) is 12.8 Å². The Hall–Kier alpha value is -3.29. The van der Waals surface area contributed by atoms with Crippen LogP contribution in [-0.2, 0) is 27.1 Å². The molecule has 0 aromatic heterocycles. The summed E-state index contributed by atoms with van der Waals surface area (Å²) in [4.78, 5) is 12.7. The molecule has 172 valence electrons. The number of methoxy groups -OCH3 is 3. The van der Waals surface area contributed by atoms with Gasteiger partial charge in [-0.05, 0) is 42.8 Å². The minimum atomic E-state index is -4.74. The van der Waals surface area contributed by atoms with Crippen LogP contribution in [0.2, 0.25) is 0 Å². The molecule has 0 fully saturated rings. The monoisotopic (exact) mass is 452 g/mol. The SMILES string of the molecule is COc1ccc(COCC(C)(OC)C(=O)Nc2ccc(C#N)c(C(F)(F)F)c2)cc1OC. The van der Waals surface area contributed by atoms with Crippen molar-refractivity contribution in [1.29, 1.82) is 5.26 Å². The molecule has 1 N–H and O–H groups in total. The van der Waals surface area contributed by atoms with Crippen molar-refractivity contribution >= 4 is 11.6 Å². The lowest BCUT2D eigenvalue weighted by atomic mass is 10.0. The third kappa shape index (κ3) is 5.90. The molecular formula is C22H23F3N2O5. The molecule has 2 aromatic rings. The molecule has 0 aliphatic heterocycles. The summed E-state index contributed by atoms with van der Waals surface area (Å²) in [5.74, 6) is 0.366. The molecule has 7 nitrogen and oxygen atoms in total. The number of benzene rings is 2. The maximum Gasteiger partial charge on any atom is 0.417 e. The van der Waals surface area contributed by atoms with E-state index in [0.29, 0.717) is 17.6 Å². The maximum absolute atomic E-state index is 13.2. The minimum absolute atomic E-state index is 0.121. The summed E-state index contributed by atoms with van der Waals surface area (Å²) in [6, 6.07) is 9.60. The van der Waals surface area contributed by atoms with Crippen LogP contribution >= 0.6 is 0 Å². The molecular weight excluding hydrogens is 429 g/mol. The van der Waals surface area contributed by atoms with Crippen LogP contribution in [0.3, 0.4) is 0 Å². The van der Waals surface area contributed by atoms with E-state index in [1.807, 2.05) is 0 Å². The van der Waals surface area contributed by atoms with Gasteiger partial charge < -0.3 is 24.3 Å². The molecule has 2 aromatic carbocycles. The highest BCUT2D eigenvalue weighted by Crippen LogP contribution is 2.34. The Labute approximate surface area is 183 Å². The molecule has 0 saturated carbocycles. The van der Waals surface area contributed by atoms with Gasteiger partial charge in [-0.25, -0.2) is 0 Å². The summed E-state index contributed by atoms with van der Waals surface area (Å²) in [6.07, 6.45) is -4.74. The number of hydrogen-bond acceptors (Lipinski definition) is 6. The van der Waals surface area contributed by atoms with Gasteiger partial charge in [-0.1, -0.05) is 6.07 Å². The van der Waals surface area contributed by atoms with Crippen LogP contribution in [0, 0.1) is 11.3 Å². The van der Waals surface area contributed by atoms with Gasteiger partial charge in [0.05, 0.1) is 44.6 Å². The number of carbonyl (C=O) groups excluding carboxylic acids is 1. The van der Waals surface area contributed by atoms with Gasteiger partial charge >= 0.3 is 6.18 Å². The van der Waals surface area contributed by atoms with Crippen molar-refractivity contribution in [1.82, 2.24) is 0 Å². The van der Waals surface area contributed by atoms with Crippen molar-refractivity contribution in [2.24, 2.45) is 0 Å². The standard InChI is InChI=1S/C22H23F3N2O5/c1-21(31-4,13-32-12-14-5-8-18(29-2)19(9-14)30-3)20(28)27-16-7-6-15(11-26)17(10-16)22(23,24)25/h5-10H,12-13H2,1-4H3,(H,27,28). The van der Waals surface area contributed by atoms with Crippen LogP contribution < -0.4 is 14.8 Å². The number of anilines is 1. The van der Waals surface area contributed by atoms with Gasteiger partial charge in [0.2, 0.25) is 0 Å². The number of carbonyl (C=O) groups is 1. The van der Waals surface area contributed by atoms with Crippen LogP contribution in [0.25, 0.3) is 0 Å². The third-order valence-corrected chi connectivity index (χ3v) is 4.73. The number of ether oxygens (including phenoxy) is 4. The average molecular weight is 452 g/mol. The fourth-order valence-electron chi connectivity index (χ4n) is 2.77. The van der Waals surface area contributed by atoms with Crippen molar-refractivity contribution in [3.63, 3.8) is 0 Å². The Balaban J connectivity index is 2.09. The number of nitrogens with zero attached hydrogens (tertiary/aromatic N) is 1. The van der Waals surface area contributed by atoms with Crippen molar-refractivity contribution in [3.05, 3.63) is 53.1 Å². The topological polar surface area (TPSA) is 89.8 Å². The zero-order chi connectivity index (χ0) is 23.9. The lowest BCUT2D eigenvalue weighted by Crippen LogP contribution is -2.46. The number of nitriles is 1. The van der Waals surface area contributed by atoms with E-state index < -0.39 is 28.8 Å². The van der Waals surface area contributed by atoms with Crippen molar-refractivity contribution < 1.29 is 36.9 Å². The van der Waals surface area contributed by atoms with Gasteiger partial charge in [-0.2, -0.15) is 18.4 Å². The molecule has 1 unspecified atom stereocenters. The normalized spacial score (nSPS) is 13.1. The fraction of sp³-hybridized carbons (Fsp3) is 0.364. The molecule has 10 heteroatoms. The molecule has 0 spiro atoms. The van der Waals surface area contributed by atoms with E-state index in [1.54, 1.807) is 18.2 Å². The lowest BCUT2D eigenvalue weighted by Gasteiger charge is -2.27. The summed E-state index contributed by atoms with van der Waals surface area (Å²) < 4.78 is 60.8. The van der Waals surface area contributed by atoms with E-state index in [0.717, 1.165) is 11.6 Å². The number of nitrogens with one attached hydrogen (secondary N) is 1. The van der Waals surface area contributed by atoms with Crippen LogP contribution in [0.1, 0.15) is 23.6 Å². The van der Waals surface area contributed by atoms with Crippen LogP contribution in [-0.4, -0.2) is 39.4 Å². The molecule has 0 saturated heterocycles. The third-order valence-electron chi connectivity index (χ3n) is 4.73. The van der Waals surface area contributed by atoms with E-state index in [9.17, 15) is 18.0 Å². The molecule has 0 heterocycles. The maximum atomic E-state index is 13.2. The van der Waals surface area contributed by atoms with Gasteiger partial charge in [-0.15, -0.1) is 0 Å². The quantitative estimate of drug-likeness (QED) is 0.615. The molecule has 32 heavy (non-hydrogen) atoms. The second-order valence-electron chi connectivity index (χ2n) is 6.94. The summed E-state index contributed by atoms with van der Waals surface area (Å²) in [5, 5.41) is 11.3. The van der Waals surface area contributed by atoms with E-state index in [1.165, 1.54) is 40.4 Å². The smallest absolute Gasteiger partial charge is 0.417 e. The van der Waals surface area contributed by atoms with E-state index in [2.05, 4.69) is 5.32 Å². The van der Waals surface area contributed by atoms with Gasteiger partial charge in [0.15, 0.2) is 17.1 Å². The first-order chi connectivity index (χ1) is 15.1. The average Bonchev–Trinajstić information content (AvgIpc) is 2.78. The fourth-order valence-corrected chi connectivity index (χ4v) is 2.77. The van der Waals surface area contributed by atoms with Crippen molar-refractivity contribution in [2.45, 2.75) is 25.3 Å². The zero-order valence-electron chi connectivity index (χ0n) is 18.0. The molecule has 2 rings (SSSR count). The highest BCUT2D eigenvalue weighted by molar-refractivity contribution is 5.97. The Morgan fingerprint density at radius 3 is 2.31 bits per heavy atom. The van der Waals surface area contributed by atoms with Crippen molar-refractivity contribution in [3.8, 4) is 17.6 Å². The number of hydrogen-bond donors (Lipinski definition) is 1. The highest BCUT2D eigenvalue weighted by atomic mass is 19.4. The Kier molecular flexibility index (Phi) is 8.08. The molecule has 0 aliphatic carbocycles. The second kappa shape index (κ2) is 10.3. The lowest BCUT2D eigenvalue weighted by molar-refractivity contribution is -0.144. The minimum Gasteiger partial charge on any atom is -0.493 e.